The van der Waals surface area contributed by atoms with Gasteiger partial charge in [-0.1, -0.05) is 29.8 Å². The third-order valence-corrected chi connectivity index (χ3v) is 5.87. The number of halogens is 2. The molecule has 1 unspecified atom stereocenters. The molecule has 4 rings (SSSR count). The number of amides is 2. The van der Waals surface area contributed by atoms with Gasteiger partial charge >= 0.3 is 12.0 Å². The molecule has 1 atom stereocenters. The van der Waals surface area contributed by atoms with Crippen molar-refractivity contribution in [2.45, 2.75) is 12.6 Å². The van der Waals surface area contributed by atoms with Gasteiger partial charge in [-0.15, -0.1) is 0 Å². The SMILES string of the molecule is COC(=O)C1=C(c2ccc(OC)cc2)NC(=O)NC1c1ccc(OCc2c(F)cccc2Cl)cc1. The van der Waals surface area contributed by atoms with Crippen LogP contribution < -0.4 is 20.1 Å². The van der Waals surface area contributed by atoms with Gasteiger partial charge in [-0.3, -0.25) is 0 Å². The van der Waals surface area contributed by atoms with E-state index >= 15 is 0 Å². The third kappa shape index (κ3) is 5.22. The van der Waals surface area contributed by atoms with Crippen molar-refractivity contribution in [2.75, 3.05) is 14.2 Å². The van der Waals surface area contributed by atoms with E-state index in [0.29, 0.717) is 28.3 Å². The molecular formula is C26H22ClFN2O5. The van der Waals surface area contributed by atoms with Gasteiger partial charge in [0.1, 0.15) is 23.9 Å². The molecule has 0 aliphatic carbocycles. The summed E-state index contributed by atoms with van der Waals surface area (Å²) in [5, 5.41) is 5.76. The van der Waals surface area contributed by atoms with E-state index in [4.69, 9.17) is 25.8 Å². The fourth-order valence-corrected chi connectivity index (χ4v) is 3.93. The van der Waals surface area contributed by atoms with Gasteiger partial charge in [0.15, 0.2) is 0 Å². The minimum absolute atomic E-state index is 0.0517. The standard InChI is InChI=1S/C26H22ClFN2O5/c1-33-17-10-6-15(7-11-17)23-22(25(31)34-2)24(30-26(32)29-23)16-8-12-18(13-9-16)35-14-19-20(27)4-3-5-21(19)28/h3-13,24H,14H2,1-2H3,(H2,29,30,32). The number of esters is 1. The molecule has 9 heteroatoms. The largest absolute Gasteiger partial charge is 0.497 e. The van der Waals surface area contributed by atoms with Crippen LogP contribution in [0.3, 0.4) is 0 Å². The highest BCUT2D eigenvalue weighted by Gasteiger charge is 2.34. The molecule has 0 bridgehead atoms. The highest BCUT2D eigenvalue weighted by molar-refractivity contribution is 6.31. The van der Waals surface area contributed by atoms with E-state index in [1.54, 1.807) is 61.7 Å². The van der Waals surface area contributed by atoms with E-state index in [-0.39, 0.29) is 22.8 Å². The van der Waals surface area contributed by atoms with Gasteiger partial charge < -0.3 is 24.8 Å². The maximum atomic E-state index is 14.0. The first-order valence-electron chi connectivity index (χ1n) is 10.6. The summed E-state index contributed by atoms with van der Waals surface area (Å²) in [5.74, 6) is 0.0543. The Hall–Kier alpha value is -4.04. The number of benzene rings is 3. The molecule has 0 saturated heterocycles. The number of urea groups is 1. The highest BCUT2D eigenvalue weighted by atomic mass is 35.5. The van der Waals surface area contributed by atoms with Gasteiger partial charge in [-0.25, -0.2) is 14.0 Å². The first kappa shape index (κ1) is 24.1. The topological polar surface area (TPSA) is 85.9 Å². The number of ether oxygens (including phenoxy) is 3. The van der Waals surface area contributed by atoms with Crippen LogP contribution in [0, 0.1) is 5.82 Å². The van der Waals surface area contributed by atoms with Crippen molar-refractivity contribution >= 4 is 29.3 Å². The zero-order valence-corrected chi connectivity index (χ0v) is 19.7. The van der Waals surface area contributed by atoms with Crippen LogP contribution in [0.2, 0.25) is 5.02 Å². The molecule has 2 amide bonds. The smallest absolute Gasteiger partial charge is 0.338 e. The maximum absolute atomic E-state index is 14.0. The van der Waals surface area contributed by atoms with Crippen molar-refractivity contribution in [3.8, 4) is 11.5 Å². The predicted molar refractivity (Wildman–Crippen MR) is 129 cm³/mol. The van der Waals surface area contributed by atoms with Crippen LogP contribution in [0.4, 0.5) is 9.18 Å². The second-order valence-electron chi connectivity index (χ2n) is 7.60. The van der Waals surface area contributed by atoms with Crippen molar-refractivity contribution in [2.24, 2.45) is 0 Å². The summed E-state index contributed by atoms with van der Waals surface area (Å²) < 4.78 is 29.9. The molecule has 1 aliphatic heterocycles. The van der Waals surface area contributed by atoms with Gasteiger partial charge in [-0.2, -0.15) is 0 Å². The van der Waals surface area contributed by atoms with Gasteiger partial charge in [0.25, 0.3) is 0 Å². The van der Waals surface area contributed by atoms with Crippen molar-refractivity contribution in [1.82, 2.24) is 10.6 Å². The summed E-state index contributed by atoms with van der Waals surface area (Å²) >= 11 is 6.05. The summed E-state index contributed by atoms with van der Waals surface area (Å²) in [4.78, 5) is 25.3. The van der Waals surface area contributed by atoms with Gasteiger partial charge in [0.05, 0.1) is 36.6 Å². The van der Waals surface area contributed by atoms with E-state index in [2.05, 4.69) is 10.6 Å². The van der Waals surface area contributed by atoms with Crippen LogP contribution in [0.25, 0.3) is 5.70 Å². The summed E-state index contributed by atoms with van der Waals surface area (Å²) in [6.45, 7) is -0.0517. The summed E-state index contributed by atoms with van der Waals surface area (Å²) in [5.41, 5.74) is 2.08. The number of carbonyl (C=O) groups is 2. The van der Waals surface area contributed by atoms with E-state index in [9.17, 15) is 14.0 Å². The summed E-state index contributed by atoms with van der Waals surface area (Å²) in [6, 6.07) is 16.9. The number of nitrogens with one attached hydrogen (secondary N) is 2. The Labute approximate surface area is 206 Å². The molecule has 0 fully saturated rings. The Kier molecular flexibility index (Phi) is 7.22. The predicted octanol–water partition coefficient (Wildman–Crippen LogP) is 5.00. The van der Waals surface area contributed by atoms with E-state index in [0.717, 1.165) is 0 Å². The van der Waals surface area contributed by atoms with Gasteiger partial charge in [-0.05, 0) is 59.7 Å². The minimum Gasteiger partial charge on any atom is -0.497 e. The second-order valence-corrected chi connectivity index (χ2v) is 8.01. The number of carbonyl (C=O) groups excluding carboxylic acids is 2. The molecule has 0 spiro atoms. The third-order valence-electron chi connectivity index (χ3n) is 5.51. The molecule has 1 aliphatic rings. The Morgan fingerprint density at radius 3 is 2.31 bits per heavy atom. The second kappa shape index (κ2) is 10.5. The van der Waals surface area contributed by atoms with E-state index < -0.39 is 23.9 Å². The molecule has 0 aromatic heterocycles. The Morgan fingerprint density at radius 1 is 1.00 bits per heavy atom. The van der Waals surface area contributed by atoms with Crippen LogP contribution in [-0.4, -0.2) is 26.2 Å². The number of hydrogen-bond donors (Lipinski definition) is 2. The van der Waals surface area contributed by atoms with Crippen molar-refractivity contribution in [3.05, 3.63) is 99.8 Å². The normalized spacial score (nSPS) is 15.2. The van der Waals surface area contributed by atoms with Crippen LogP contribution in [0.5, 0.6) is 11.5 Å². The number of hydrogen-bond acceptors (Lipinski definition) is 5. The average molecular weight is 497 g/mol. The Bertz CT molecular complexity index is 1260. The average Bonchev–Trinajstić information content (AvgIpc) is 2.88. The van der Waals surface area contributed by atoms with E-state index in [1.165, 1.54) is 19.2 Å². The molecule has 3 aromatic carbocycles. The lowest BCUT2D eigenvalue weighted by Gasteiger charge is -2.29. The summed E-state index contributed by atoms with van der Waals surface area (Å²) in [6.07, 6.45) is 0. The van der Waals surface area contributed by atoms with Crippen LogP contribution in [-0.2, 0) is 16.1 Å². The minimum atomic E-state index is -0.775. The molecule has 7 nitrogen and oxygen atoms in total. The molecule has 0 radical (unpaired) electrons. The zero-order valence-electron chi connectivity index (χ0n) is 18.9. The van der Waals surface area contributed by atoms with E-state index in [1.807, 2.05) is 0 Å². The van der Waals surface area contributed by atoms with Crippen molar-refractivity contribution < 1.29 is 28.2 Å². The molecule has 0 saturated carbocycles. The lowest BCUT2D eigenvalue weighted by molar-refractivity contribution is -0.136. The van der Waals surface area contributed by atoms with Crippen LogP contribution >= 0.6 is 11.6 Å². The van der Waals surface area contributed by atoms with Crippen LogP contribution in [0.1, 0.15) is 22.7 Å². The molecular weight excluding hydrogens is 475 g/mol. The van der Waals surface area contributed by atoms with Crippen molar-refractivity contribution in [1.29, 1.82) is 0 Å². The lowest BCUT2D eigenvalue weighted by atomic mass is 9.92. The number of rotatable bonds is 7. The molecule has 180 valence electrons. The lowest BCUT2D eigenvalue weighted by Crippen LogP contribution is -2.45. The molecule has 35 heavy (non-hydrogen) atoms. The monoisotopic (exact) mass is 496 g/mol. The molecule has 2 N–H and O–H groups in total. The summed E-state index contributed by atoms with van der Waals surface area (Å²) in [7, 11) is 2.83. The van der Waals surface area contributed by atoms with Crippen molar-refractivity contribution in [3.63, 3.8) is 0 Å². The number of methoxy groups -OCH3 is 2. The zero-order chi connectivity index (χ0) is 24.9. The quantitative estimate of drug-likeness (QED) is 0.449. The first-order chi connectivity index (χ1) is 16.9. The molecule has 3 aromatic rings. The van der Waals surface area contributed by atoms with Crippen LogP contribution in [0.15, 0.2) is 72.3 Å². The van der Waals surface area contributed by atoms with Gasteiger partial charge in [0, 0.05) is 5.56 Å². The highest BCUT2D eigenvalue weighted by Crippen LogP contribution is 2.33. The Balaban J connectivity index is 1.63. The van der Waals surface area contributed by atoms with Gasteiger partial charge in [0.2, 0.25) is 0 Å². The maximum Gasteiger partial charge on any atom is 0.338 e. The first-order valence-corrected chi connectivity index (χ1v) is 11.0. The Morgan fingerprint density at radius 2 is 1.69 bits per heavy atom. The fraction of sp³-hybridized carbons (Fsp3) is 0.154. The fourth-order valence-electron chi connectivity index (χ4n) is 3.71. The molecule has 1 heterocycles.